The highest BCUT2D eigenvalue weighted by molar-refractivity contribution is 7.77. The first kappa shape index (κ1) is 60.0. The van der Waals surface area contributed by atoms with Gasteiger partial charge < -0.3 is 14.4 Å². The average Bonchev–Trinajstić information content (AvgIpc) is 1.09. The third-order valence-electron chi connectivity index (χ3n) is 27.1. The van der Waals surface area contributed by atoms with Crippen LogP contribution in [0.25, 0.3) is 61.5 Å². The van der Waals surface area contributed by atoms with E-state index in [-0.39, 0.29) is 34.8 Å². The highest BCUT2D eigenvalue weighted by atomic mass is 32.2. The molecule has 488 valence electrons. The van der Waals surface area contributed by atoms with E-state index in [0.717, 1.165) is 25.2 Å². The van der Waals surface area contributed by atoms with Crippen LogP contribution in [0.15, 0.2) is 247 Å². The molecule has 2 spiro atoms. The first-order chi connectivity index (χ1) is 48.5. The predicted octanol–water partition coefficient (Wildman–Crippen LogP) is 20.9. The molecule has 4 heterocycles. The molecule has 8 aliphatic carbocycles. The van der Waals surface area contributed by atoms with E-state index in [9.17, 15) is 0 Å². The van der Waals surface area contributed by atoms with Crippen LogP contribution < -0.4 is 25.9 Å². The fourth-order valence-electron chi connectivity index (χ4n) is 22.4. The number of anilines is 5. The Morgan fingerprint density at radius 1 is 0.630 bits per heavy atom. The van der Waals surface area contributed by atoms with E-state index >= 15 is 0 Å². The van der Waals surface area contributed by atoms with Gasteiger partial charge in [0.15, 0.2) is 4.90 Å². The molecule has 0 radical (unpaired) electrons. The van der Waals surface area contributed by atoms with Crippen LogP contribution in [0.3, 0.4) is 0 Å². The molecular weight excluding hydrogens is 1240 g/mol. The fraction of sp³-hybridized carbons (Fsp3) is 0.277. The van der Waals surface area contributed by atoms with Gasteiger partial charge in [0, 0.05) is 78.8 Å². The molecule has 2 bridgehead atoms. The predicted molar refractivity (Wildman–Crippen MR) is 427 cm³/mol. The zero-order chi connectivity index (χ0) is 67.4. The number of fused-ring (bicyclic) bond motifs is 15. The summed E-state index contributed by atoms with van der Waals surface area (Å²) in [6, 6.07) is 72.1. The van der Waals surface area contributed by atoms with Crippen LogP contribution in [-0.4, -0.2) is 32.4 Å². The standard InChI is InChI=1S/C94H85BN3SSi/c1-55-31-33-57(34-32-55)69-27-20-28-74-88(69)97-81-46-40-65(99-8)53-77(81)95-76-29-17-18-30-80(76)96(87-67(56-21-13-11-14-22-56)25-19-26-68(87)58-35-41-66(42-36-58)100(9)10)82-54-75-85(89(97)86(82)95)72-50-62(37-43-73(72)93(75)83-51-63-47-64-52-84(93)92(63,64)83)94(74,59-23-15-12-16-24-59)98-78-44-38-60(90(2,3)4)48-70(78)71-49-61(91(5,6)7)39-45-79(71)98/h11-15,17-23,25-46,48,50-51,53-54,61,64,76,80,83-84H,16,24,47,49,52H2,1-10H3/q+1/p+1. The monoisotopic (exact) mass is 1330 g/mol. The molecule has 0 N–H and O–H groups in total. The van der Waals surface area contributed by atoms with Crippen molar-refractivity contribution in [1.82, 2.24) is 4.57 Å². The molecule has 9 aromatic carbocycles. The van der Waals surface area contributed by atoms with Gasteiger partial charge in [-0.25, -0.2) is 0 Å². The third kappa shape index (κ3) is 7.50. The largest absolute Gasteiger partial charge is 0.345 e. The van der Waals surface area contributed by atoms with Crippen LogP contribution in [-0.2, 0) is 34.6 Å². The van der Waals surface area contributed by atoms with E-state index in [1.807, 2.05) is 0 Å². The molecular formula is C94H86BN3SSi+2. The van der Waals surface area contributed by atoms with Crippen molar-refractivity contribution in [2.24, 2.45) is 34.5 Å². The summed E-state index contributed by atoms with van der Waals surface area (Å²) in [5.74, 6) is 2.23. The maximum absolute atomic E-state index is 2.97. The Kier molecular flexibility index (Phi) is 12.4. The van der Waals surface area contributed by atoms with Crippen molar-refractivity contribution >= 4 is 88.8 Å². The quantitative estimate of drug-likeness (QED) is 0.0650. The normalized spacial score (nSPS) is 25.8. The highest BCUT2D eigenvalue weighted by Gasteiger charge is 2.88. The van der Waals surface area contributed by atoms with E-state index in [2.05, 4.69) is 319 Å². The van der Waals surface area contributed by atoms with Gasteiger partial charge in [0.2, 0.25) is 6.71 Å². The van der Waals surface area contributed by atoms with E-state index in [4.69, 9.17) is 0 Å². The van der Waals surface area contributed by atoms with Crippen LogP contribution in [0.4, 0.5) is 28.4 Å². The summed E-state index contributed by atoms with van der Waals surface area (Å²) in [5.41, 5.74) is 35.1. The molecule has 3 aliphatic heterocycles. The number of hydrogen-bond donors (Lipinski definition) is 0. The summed E-state index contributed by atoms with van der Waals surface area (Å²) in [5, 5.41) is 2.86. The number of aromatic nitrogens is 1. The first-order valence-corrected chi connectivity index (χ1v) is 41.2. The summed E-state index contributed by atoms with van der Waals surface area (Å²) in [4.78, 5) is 7.27. The number of allylic oxidation sites excluding steroid dienone is 9. The van der Waals surface area contributed by atoms with Crippen molar-refractivity contribution in [2.45, 2.75) is 127 Å². The van der Waals surface area contributed by atoms with Crippen LogP contribution in [0, 0.1) is 41.4 Å². The third-order valence-corrected chi connectivity index (χ3v) is 29.3. The zero-order valence-corrected chi connectivity index (χ0v) is 61.3. The molecule has 100 heavy (non-hydrogen) atoms. The van der Waals surface area contributed by atoms with E-state index in [1.54, 1.807) is 16.7 Å². The Morgan fingerprint density at radius 2 is 1.38 bits per heavy atom. The average molecular weight is 1330 g/mol. The van der Waals surface area contributed by atoms with Gasteiger partial charge in [-0.2, -0.15) is 0 Å². The number of thiol groups is 1. The minimum absolute atomic E-state index is 0.00318. The van der Waals surface area contributed by atoms with Gasteiger partial charge in [-0.3, -0.25) is 0 Å². The summed E-state index contributed by atoms with van der Waals surface area (Å²) in [6.07, 6.45) is 33.2. The number of rotatable bonds is 8. The van der Waals surface area contributed by atoms with Crippen molar-refractivity contribution in [3.63, 3.8) is 0 Å². The molecule has 21 rings (SSSR count). The minimum atomic E-state index is -0.856. The second-order valence-corrected chi connectivity index (χ2v) is 37.3. The molecule has 0 amide bonds. The van der Waals surface area contributed by atoms with E-state index < -0.39 is 14.3 Å². The Balaban J connectivity index is 0.967. The van der Waals surface area contributed by atoms with Crippen LogP contribution in [0.5, 0.6) is 0 Å². The van der Waals surface area contributed by atoms with Crippen LogP contribution in [0.2, 0.25) is 18.9 Å². The lowest BCUT2D eigenvalue weighted by molar-refractivity contribution is -0.272. The number of para-hydroxylation sites is 2. The minimum Gasteiger partial charge on any atom is -0.334 e. The summed E-state index contributed by atoms with van der Waals surface area (Å²) in [7, 11) is -0.678. The summed E-state index contributed by atoms with van der Waals surface area (Å²) < 4.78 is 2.95. The summed E-state index contributed by atoms with van der Waals surface area (Å²) in [6.45, 7) is 21.7. The van der Waals surface area contributed by atoms with Crippen molar-refractivity contribution in [2.75, 3.05) is 16.1 Å². The SMILES string of the molecule is C[SH+]c1ccc2c(c1)B1c3c(cc4c5c3N2c2c(-c3ccc(C)cc3)cccc2C(C2=CC=CCC2)(n2c3c(c6cc(C(C)(C)C)ccc62)CC(C(C)(C)C)C=C3)c2ccc(c-5c2)C42C3C=C4CC5CC2C453)N(c2c(-c3ccccc3)cccc2-c2ccc([Si+](C)C)cc2)C2C=CC=CC12. The van der Waals surface area contributed by atoms with Gasteiger partial charge in [0.1, 0.15) is 11.8 Å². The van der Waals surface area contributed by atoms with Gasteiger partial charge in [0.05, 0.1) is 46.9 Å². The molecule has 3 saturated carbocycles. The Morgan fingerprint density at radius 3 is 2.09 bits per heavy atom. The number of aryl methyl sites for hydroxylation is 1. The number of nitrogens with zero attached hydrogens (tertiary/aromatic N) is 3. The topological polar surface area (TPSA) is 11.4 Å². The Bertz CT molecular complexity index is 5470. The number of hydrogen-bond acceptors (Lipinski definition) is 2. The van der Waals surface area contributed by atoms with Crippen LogP contribution in [0.1, 0.15) is 112 Å². The van der Waals surface area contributed by atoms with E-state index in [0.29, 0.717) is 23.2 Å². The number of benzene rings is 9. The van der Waals surface area contributed by atoms with Crippen LogP contribution >= 0.6 is 0 Å². The molecule has 9 unspecified atom stereocenters. The lowest BCUT2D eigenvalue weighted by Gasteiger charge is -2.88. The first-order valence-electron chi connectivity index (χ1n) is 37.3. The van der Waals surface area contributed by atoms with Gasteiger partial charge >= 0.3 is 8.80 Å². The molecule has 9 atom stereocenters. The second-order valence-electron chi connectivity index (χ2n) is 33.8. The maximum atomic E-state index is 2.97. The molecule has 0 saturated heterocycles. The Hall–Kier alpha value is -8.81. The van der Waals surface area contributed by atoms with Gasteiger partial charge in [-0.1, -0.05) is 229 Å². The summed E-state index contributed by atoms with van der Waals surface area (Å²) >= 11 is 1.26. The lowest BCUT2D eigenvalue weighted by atomic mass is 9.15. The Labute approximate surface area is 597 Å². The van der Waals surface area contributed by atoms with Crippen molar-refractivity contribution in [3.8, 4) is 44.5 Å². The lowest BCUT2D eigenvalue weighted by Crippen LogP contribution is -2.84. The molecule has 3 fully saturated rings. The fourth-order valence-corrected chi connectivity index (χ4v) is 23.7. The van der Waals surface area contributed by atoms with E-state index in [1.165, 1.54) is 169 Å². The second kappa shape index (κ2) is 20.7. The highest BCUT2D eigenvalue weighted by Crippen LogP contribution is 2.93. The maximum Gasteiger partial charge on any atom is 0.345 e. The van der Waals surface area contributed by atoms with Crippen molar-refractivity contribution < 1.29 is 0 Å². The molecule has 1 aromatic heterocycles. The smallest absolute Gasteiger partial charge is 0.334 e. The van der Waals surface area contributed by atoms with Gasteiger partial charge in [-0.05, 0) is 201 Å². The molecule has 11 aliphatic rings. The van der Waals surface area contributed by atoms with Crippen molar-refractivity contribution in [1.29, 1.82) is 0 Å². The van der Waals surface area contributed by atoms with Gasteiger partial charge in [0.25, 0.3) is 0 Å². The molecule has 3 nitrogen and oxygen atoms in total. The molecule has 10 aromatic rings. The van der Waals surface area contributed by atoms with Crippen molar-refractivity contribution in [3.05, 3.63) is 286 Å². The zero-order valence-electron chi connectivity index (χ0n) is 59.4. The molecule has 6 heteroatoms. The van der Waals surface area contributed by atoms with Gasteiger partial charge in [-0.15, -0.1) is 0 Å².